The summed E-state index contributed by atoms with van der Waals surface area (Å²) in [6.07, 6.45) is 0. The van der Waals surface area contributed by atoms with Gasteiger partial charge in [-0.15, -0.1) is 0 Å². The number of benzene rings is 5. The lowest BCUT2D eigenvalue weighted by Crippen LogP contribution is -2.11. The van der Waals surface area contributed by atoms with E-state index in [1.807, 2.05) is 13.8 Å². The van der Waals surface area contributed by atoms with Crippen molar-refractivity contribution in [3.05, 3.63) is 132 Å². The highest BCUT2D eigenvalue weighted by Gasteiger charge is 2.20. The summed E-state index contributed by atoms with van der Waals surface area (Å²) in [4.78, 5) is 2.40. The van der Waals surface area contributed by atoms with Gasteiger partial charge in [0.15, 0.2) is 0 Å². The highest BCUT2D eigenvalue weighted by molar-refractivity contribution is 6.16. The van der Waals surface area contributed by atoms with Crippen LogP contribution in [0.2, 0.25) is 0 Å². The van der Waals surface area contributed by atoms with Crippen molar-refractivity contribution in [1.82, 2.24) is 4.57 Å². The van der Waals surface area contributed by atoms with E-state index in [1.54, 1.807) is 0 Å². The monoisotopic (exact) mass is 482 g/mol. The van der Waals surface area contributed by atoms with E-state index in [9.17, 15) is 0 Å². The predicted molar refractivity (Wildman–Crippen MR) is 161 cm³/mol. The molecular weight excluding hydrogens is 448 g/mol. The largest absolute Gasteiger partial charge is 0.310 e. The SMILES string of the molecule is CC.Cc1ccc(N(c2ccc(C)c(C)c2)c2cccc3c2c2ccccc2n3-c2ccccc2)cc1. The topological polar surface area (TPSA) is 8.17 Å². The van der Waals surface area contributed by atoms with Gasteiger partial charge >= 0.3 is 0 Å². The Hall–Kier alpha value is -4.30. The third-order valence-corrected chi connectivity index (χ3v) is 6.97. The summed E-state index contributed by atoms with van der Waals surface area (Å²) in [6.45, 7) is 10.5. The molecule has 0 amide bonds. The van der Waals surface area contributed by atoms with Crippen LogP contribution in [0.1, 0.15) is 30.5 Å². The van der Waals surface area contributed by atoms with Crippen LogP contribution in [0.3, 0.4) is 0 Å². The molecule has 1 heterocycles. The molecule has 0 saturated carbocycles. The molecule has 0 spiro atoms. The van der Waals surface area contributed by atoms with Gasteiger partial charge in [0.2, 0.25) is 0 Å². The molecule has 2 heteroatoms. The van der Waals surface area contributed by atoms with Crippen LogP contribution in [0.5, 0.6) is 0 Å². The zero-order valence-corrected chi connectivity index (χ0v) is 22.4. The minimum Gasteiger partial charge on any atom is -0.310 e. The van der Waals surface area contributed by atoms with Crippen molar-refractivity contribution in [1.29, 1.82) is 0 Å². The molecule has 5 aromatic carbocycles. The molecule has 0 N–H and O–H groups in total. The van der Waals surface area contributed by atoms with Crippen molar-refractivity contribution in [2.75, 3.05) is 4.90 Å². The summed E-state index contributed by atoms with van der Waals surface area (Å²) in [5, 5.41) is 2.51. The maximum Gasteiger partial charge on any atom is 0.0562 e. The van der Waals surface area contributed by atoms with E-state index in [4.69, 9.17) is 0 Å². The summed E-state index contributed by atoms with van der Waals surface area (Å²) in [6, 6.07) is 41.6. The fourth-order valence-electron chi connectivity index (χ4n) is 5.03. The van der Waals surface area contributed by atoms with Crippen molar-refractivity contribution in [3.63, 3.8) is 0 Å². The maximum atomic E-state index is 2.40. The number of fused-ring (bicyclic) bond motifs is 3. The molecule has 1 aromatic heterocycles. The van der Waals surface area contributed by atoms with E-state index in [0.717, 1.165) is 5.69 Å². The van der Waals surface area contributed by atoms with Crippen molar-refractivity contribution >= 4 is 38.9 Å². The van der Waals surface area contributed by atoms with Crippen LogP contribution in [-0.2, 0) is 0 Å². The number of nitrogens with zero attached hydrogens (tertiary/aromatic N) is 2. The molecule has 2 nitrogen and oxygen atoms in total. The van der Waals surface area contributed by atoms with Gasteiger partial charge in [-0.2, -0.15) is 0 Å². The summed E-state index contributed by atoms with van der Waals surface area (Å²) in [5.41, 5.74) is 10.9. The van der Waals surface area contributed by atoms with E-state index in [1.165, 1.54) is 55.6 Å². The van der Waals surface area contributed by atoms with Crippen molar-refractivity contribution < 1.29 is 0 Å². The Morgan fingerprint density at radius 2 is 1.19 bits per heavy atom. The molecule has 184 valence electrons. The van der Waals surface area contributed by atoms with Gasteiger partial charge in [0, 0.05) is 27.8 Å². The second kappa shape index (κ2) is 10.4. The third kappa shape index (κ3) is 4.40. The Balaban J connectivity index is 0.00000137. The molecule has 6 rings (SSSR count). The van der Waals surface area contributed by atoms with Crippen LogP contribution in [-0.4, -0.2) is 4.57 Å². The number of aryl methyl sites for hydroxylation is 3. The Morgan fingerprint density at radius 3 is 1.92 bits per heavy atom. The number of hydrogen-bond donors (Lipinski definition) is 0. The first-order valence-corrected chi connectivity index (χ1v) is 13.1. The maximum absolute atomic E-state index is 2.40. The molecule has 37 heavy (non-hydrogen) atoms. The Bertz CT molecular complexity index is 1660. The van der Waals surface area contributed by atoms with Gasteiger partial charge in [0.1, 0.15) is 0 Å². The highest BCUT2D eigenvalue weighted by Crippen LogP contribution is 2.43. The lowest BCUT2D eigenvalue weighted by atomic mass is 10.1. The van der Waals surface area contributed by atoms with Crippen molar-refractivity contribution in [2.45, 2.75) is 34.6 Å². The Labute approximate surface area is 220 Å². The summed E-state index contributed by atoms with van der Waals surface area (Å²) in [5.74, 6) is 0. The van der Waals surface area contributed by atoms with Crippen LogP contribution < -0.4 is 4.90 Å². The normalized spacial score (nSPS) is 10.8. The fourth-order valence-corrected chi connectivity index (χ4v) is 5.03. The second-order valence-electron chi connectivity index (χ2n) is 9.30. The quantitative estimate of drug-likeness (QED) is 0.243. The summed E-state index contributed by atoms with van der Waals surface area (Å²) in [7, 11) is 0. The lowest BCUT2D eigenvalue weighted by molar-refractivity contribution is 1.18. The van der Waals surface area contributed by atoms with Gasteiger partial charge in [-0.25, -0.2) is 0 Å². The molecule has 0 radical (unpaired) electrons. The van der Waals surface area contributed by atoms with Crippen LogP contribution in [0.25, 0.3) is 27.5 Å². The standard InChI is InChI=1S/C33H28N2.C2H6/c1-23-16-19-27(20-17-23)34(28-21-18-24(2)25(3)22-28)31-14-9-15-32-33(31)29-12-7-8-13-30(29)35(32)26-10-5-4-6-11-26;1-2/h4-22H,1-3H3;1-2H3. The van der Waals surface area contributed by atoms with Crippen molar-refractivity contribution in [3.8, 4) is 5.69 Å². The average molecular weight is 483 g/mol. The Kier molecular flexibility index (Phi) is 6.83. The average Bonchev–Trinajstić information content (AvgIpc) is 3.28. The predicted octanol–water partition coefficient (Wildman–Crippen LogP) is 10.2. The molecule has 0 aliphatic carbocycles. The van der Waals surface area contributed by atoms with Crippen LogP contribution in [0.4, 0.5) is 17.1 Å². The molecule has 0 fully saturated rings. The van der Waals surface area contributed by atoms with Crippen LogP contribution in [0.15, 0.2) is 115 Å². The molecule has 0 aliphatic heterocycles. The molecule has 6 aromatic rings. The first-order chi connectivity index (χ1) is 18.1. The number of hydrogen-bond acceptors (Lipinski definition) is 1. The zero-order valence-electron chi connectivity index (χ0n) is 22.4. The van der Waals surface area contributed by atoms with Gasteiger partial charge in [0.05, 0.1) is 16.7 Å². The lowest BCUT2D eigenvalue weighted by Gasteiger charge is -2.27. The van der Waals surface area contributed by atoms with Gasteiger partial charge in [-0.3, -0.25) is 0 Å². The summed E-state index contributed by atoms with van der Waals surface area (Å²) < 4.78 is 2.38. The number of para-hydroxylation sites is 2. The van der Waals surface area contributed by atoms with Gasteiger partial charge in [0.25, 0.3) is 0 Å². The smallest absolute Gasteiger partial charge is 0.0562 e. The molecule has 0 unspecified atom stereocenters. The first kappa shape index (κ1) is 24.4. The fraction of sp³-hybridized carbons (Fsp3) is 0.143. The van der Waals surface area contributed by atoms with Gasteiger partial charge in [-0.05, 0) is 86.5 Å². The van der Waals surface area contributed by atoms with Gasteiger partial charge in [-0.1, -0.05) is 80.1 Å². The van der Waals surface area contributed by atoms with E-state index >= 15 is 0 Å². The number of anilines is 3. The van der Waals surface area contributed by atoms with Gasteiger partial charge < -0.3 is 9.47 Å². The van der Waals surface area contributed by atoms with E-state index < -0.39 is 0 Å². The van der Waals surface area contributed by atoms with E-state index in [0.29, 0.717) is 0 Å². The molecule has 0 bridgehead atoms. The second-order valence-corrected chi connectivity index (χ2v) is 9.30. The number of rotatable bonds is 4. The molecule has 0 saturated heterocycles. The minimum absolute atomic E-state index is 1.16. The van der Waals surface area contributed by atoms with E-state index in [2.05, 4.69) is 145 Å². The van der Waals surface area contributed by atoms with E-state index in [-0.39, 0.29) is 0 Å². The molecule has 0 atom stereocenters. The minimum atomic E-state index is 1.16. The van der Waals surface area contributed by atoms with Crippen LogP contribution >= 0.6 is 0 Å². The van der Waals surface area contributed by atoms with Crippen molar-refractivity contribution in [2.24, 2.45) is 0 Å². The zero-order chi connectivity index (χ0) is 25.9. The highest BCUT2D eigenvalue weighted by atomic mass is 15.1. The third-order valence-electron chi connectivity index (χ3n) is 6.97. The first-order valence-electron chi connectivity index (χ1n) is 13.1. The summed E-state index contributed by atoms with van der Waals surface area (Å²) >= 11 is 0. The van der Waals surface area contributed by atoms with Crippen LogP contribution in [0, 0.1) is 20.8 Å². The molecular formula is C35H34N2. The molecule has 0 aliphatic rings. The Morgan fingerprint density at radius 1 is 0.541 bits per heavy atom. The number of aromatic nitrogens is 1.